The van der Waals surface area contributed by atoms with E-state index in [1.54, 1.807) is 7.11 Å². The van der Waals surface area contributed by atoms with Crippen molar-refractivity contribution in [1.82, 2.24) is 0 Å². The Morgan fingerprint density at radius 3 is 2.18 bits per heavy atom. The second kappa shape index (κ2) is 7.35. The molecule has 1 aliphatic heterocycles. The maximum absolute atomic E-state index is 5.34. The predicted octanol–water partition coefficient (Wildman–Crippen LogP) is 6.13. The largest absolute Gasteiger partial charge is 0.497 e. The van der Waals surface area contributed by atoms with Gasteiger partial charge in [0.2, 0.25) is 0 Å². The summed E-state index contributed by atoms with van der Waals surface area (Å²) < 4.78 is 5.34. The molecule has 0 radical (unpaired) electrons. The van der Waals surface area contributed by atoms with Gasteiger partial charge in [-0.15, -0.1) is 0 Å². The van der Waals surface area contributed by atoms with Crippen LogP contribution in [0.2, 0.25) is 0 Å². The van der Waals surface area contributed by atoms with Gasteiger partial charge in [0.05, 0.1) is 7.11 Å². The van der Waals surface area contributed by atoms with E-state index in [0.717, 1.165) is 11.7 Å². The quantitative estimate of drug-likeness (QED) is 0.548. The third-order valence-corrected chi connectivity index (χ3v) is 6.69. The Balaban J connectivity index is 1.40. The van der Waals surface area contributed by atoms with Gasteiger partial charge in [0, 0.05) is 24.2 Å². The topological polar surface area (TPSA) is 12.5 Å². The third kappa shape index (κ3) is 3.07. The maximum atomic E-state index is 5.34. The lowest BCUT2D eigenvalue weighted by molar-refractivity contribution is 0.414. The molecule has 3 aromatic rings. The van der Waals surface area contributed by atoms with Gasteiger partial charge in [0.15, 0.2) is 0 Å². The molecular weight excluding hydrogens is 342 g/mol. The number of hydrogen-bond acceptors (Lipinski definition) is 2. The minimum absolute atomic E-state index is 0.621. The fourth-order valence-electron chi connectivity index (χ4n) is 5.30. The summed E-state index contributed by atoms with van der Waals surface area (Å²) in [5, 5.41) is 0. The van der Waals surface area contributed by atoms with Crippen LogP contribution in [-0.2, 0) is 0 Å². The molecule has 0 aromatic heterocycles. The van der Waals surface area contributed by atoms with Crippen LogP contribution >= 0.6 is 0 Å². The van der Waals surface area contributed by atoms with Crippen LogP contribution in [0.15, 0.2) is 78.9 Å². The molecule has 0 N–H and O–H groups in total. The highest BCUT2D eigenvalue weighted by Crippen LogP contribution is 2.48. The van der Waals surface area contributed by atoms with Crippen molar-refractivity contribution in [1.29, 1.82) is 0 Å². The van der Waals surface area contributed by atoms with Crippen molar-refractivity contribution in [2.75, 3.05) is 18.6 Å². The van der Waals surface area contributed by atoms with Crippen molar-refractivity contribution in [3.05, 3.63) is 84.4 Å². The van der Waals surface area contributed by atoms with Crippen LogP contribution in [0.3, 0.4) is 0 Å². The molecule has 0 unspecified atom stereocenters. The molecule has 2 fully saturated rings. The Morgan fingerprint density at radius 1 is 0.750 bits per heavy atom. The molecule has 0 spiro atoms. The monoisotopic (exact) mass is 369 g/mol. The van der Waals surface area contributed by atoms with E-state index in [1.165, 1.54) is 48.2 Å². The van der Waals surface area contributed by atoms with Crippen LogP contribution in [0.25, 0.3) is 11.1 Å². The summed E-state index contributed by atoms with van der Waals surface area (Å²) in [6, 6.07) is 29.2. The number of fused-ring (bicyclic) bond motifs is 1. The van der Waals surface area contributed by atoms with Crippen LogP contribution in [0.4, 0.5) is 5.69 Å². The first-order valence-electron chi connectivity index (χ1n) is 10.4. The number of ether oxygens (including phenoxy) is 1. The molecule has 1 saturated carbocycles. The first-order chi connectivity index (χ1) is 13.8. The van der Waals surface area contributed by atoms with E-state index in [2.05, 4.69) is 83.8 Å². The van der Waals surface area contributed by atoms with E-state index in [9.17, 15) is 0 Å². The molecule has 1 saturated heterocycles. The molecule has 1 heterocycles. The van der Waals surface area contributed by atoms with Crippen molar-refractivity contribution in [2.24, 2.45) is 5.92 Å². The first kappa shape index (κ1) is 17.4. The number of nitrogens with zero attached hydrogens (tertiary/aromatic N) is 1. The second-order valence-corrected chi connectivity index (χ2v) is 8.10. The third-order valence-electron chi connectivity index (χ3n) is 6.69. The molecule has 0 amide bonds. The van der Waals surface area contributed by atoms with E-state index in [1.807, 2.05) is 0 Å². The van der Waals surface area contributed by atoms with Crippen LogP contribution in [0.1, 0.15) is 30.7 Å². The second-order valence-electron chi connectivity index (χ2n) is 8.10. The average molecular weight is 370 g/mol. The lowest BCUT2D eigenvalue weighted by Gasteiger charge is -2.32. The number of hydrogen-bond donors (Lipinski definition) is 0. The summed E-state index contributed by atoms with van der Waals surface area (Å²) >= 11 is 0. The van der Waals surface area contributed by atoms with Gasteiger partial charge in [0.25, 0.3) is 0 Å². The normalized spacial score (nSPS) is 23.6. The van der Waals surface area contributed by atoms with Gasteiger partial charge in [-0.3, -0.25) is 0 Å². The summed E-state index contributed by atoms with van der Waals surface area (Å²) in [5.41, 5.74) is 5.42. The number of anilines is 1. The Morgan fingerprint density at radius 2 is 1.46 bits per heavy atom. The first-order valence-corrected chi connectivity index (χ1v) is 10.4. The van der Waals surface area contributed by atoms with E-state index in [0.29, 0.717) is 12.0 Å². The molecule has 1 aliphatic carbocycles. The van der Waals surface area contributed by atoms with Crippen molar-refractivity contribution in [2.45, 2.75) is 31.2 Å². The Hall–Kier alpha value is -2.74. The summed E-state index contributed by atoms with van der Waals surface area (Å²) in [5.74, 6) is 2.37. The average Bonchev–Trinajstić information content (AvgIpc) is 3.37. The molecular formula is C26H27NO. The molecule has 3 aromatic carbocycles. The smallest absolute Gasteiger partial charge is 0.119 e. The molecule has 142 valence electrons. The Kier molecular flexibility index (Phi) is 4.56. The van der Waals surface area contributed by atoms with Gasteiger partial charge in [-0.2, -0.15) is 0 Å². The highest BCUT2D eigenvalue weighted by Gasteiger charge is 2.44. The predicted molar refractivity (Wildman–Crippen MR) is 116 cm³/mol. The van der Waals surface area contributed by atoms with Gasteiger partial charge in [-0.25, -0.2) is 0 Å². The van der Waals surface area contributed by atoms with Crippen molar-refractivity contribution >= 4 is 5.69 Å². The summed E-state index contributed by atoms with van der Waals surface area (Å²) in [6.45, 7) is 1.17. The van der Waals surface area contributed by atoms with Crippen LogP contribution in [-0.4, -0.2) is 19.7 Å². The van der Waals surface area contributed by atoms with Gasteiger partial charge in [-0.1, -0.05) is 54.6 Å². The van der Waals surface area contributed by atoms with Gasteiger partial charge in [0.1, 0.15) is 5.75 Å². The fraction of sp³-hybridized carbons (Fsp3) is 0.308. The molecule has 5 rings (SSSR count). The van der Waals surface area contributed by atoms with E-state index in [4.69, 9.17) is 4.74 Å². The standard InChI is InChI=1S/C26H27NO/c1-28-24-14-12-23(13-15-24)27-18-17-22-11-16-25(26(22)27)21-9-7-20(8-10-21)19-5-3-2-4-6-19/h2-10,12-15,22,25-26H,11,16-18H2,1H3/t22-,25+,26+/m1/s1. The molecule has 3 atom stereocenters. The number of benzene rings is 3. The van der Waals surface area contributed by atoms with Crippen LogP contribution in [0.5, 0.6) is 5.75 Å². The SMILES string of the molecule is COc1ccc(N2CC[C@H]3CC[C@@H](c4ccc(-c5ccccc5)cc4)[C@H]32)cc1. The molecule has 28 heavy (non-hydrogen) atoms. The van der Waals surface area contributed by atoms with Crippen LogP contribution < -0.4 is 9.64 Å². The number of methoxy groups -OCH3 is 1. The van der Waals surface area contributed by atoms with Crippen molar-refractivity contribution in [3.8, 4) is 16.9 Å². The van der Waals surface area contributed by atoms with E-state index < -0.39 is 0 Å². The number of rotatable bonds is 4. The van der Waals surface area contributed by atoms with Gasteiger partial charge >= 0.3 is 0 Å². The lowest BCUT2D eigenvalue weighted by atomic mass is 9.90. The Bertz CT molecular complexity index is 917. The molecule has 2 nitrogen and oxygen atoms in total. The molecule has 2 heteroatoms. The van der Waals surface area contributed by atoms with E-state index in [-0.39, 0.29) is 0 Å². The zero-order chi connectivity index (χ0) is 18.9. The molecule has 0 bridgehead atoms. The van der Waals surface area contributed by atoms with Crippen LogP contribution in [0, 0.1) is 5.92 Å². The molecule has 2 aliphatic rings. The zero-order valence-corrected chi connectivity index (χ0v) is 16.4. The van der Waals surface area contributed by atoms with Gasteiger partial charge < -0.3 is 9.64 Å². The minimum atomic E-state index is 0.621. The maximum Gasteiger partial charge on any atom is 0.119 e. The summed E-state index contributed by atoms with van der Waals surface area (Å²) in [6.07, 6.45) is 3.96. The van der Waals surface area contributed by atoms with E-state index >= 15 is 0 Å². The lowest BCUT2D eigenvalue weighted by Crippen LogP contribution is -2.34. The van der Waals surface area contributed by atoms with Crippen molar-refractivity contribution in [3.63, 3.8) is 0 Å². The summed E-state index contributed by atoms with van der Waals surface area (Å²) in [7, 11) is 1.73. The minimum Gasteiger partial charge on any atom is -0.497 e. The fourth-order valence-corrected chi connectivity index (χ4v) is 5.30. The highest BCUT2D eigenvalue weighted by molar-refractivity contribution is 5.63. The van der Waals surface area contributed by atoms with Gasteiger partial charge in [-0.05, 0) is 66.1 Å². The van der Waals surface area contributed by atoms with Crippen molar-refractivity contribution < 1.29 is 4.74 Å². The zero-order valence-electron chi connectivity index (χ0n) is 16.4. The Labute approximate surface area is 167 Å². The highest BCUT2D eigenvalue weighted by atomic mass is 16.5. The summed E-state index contributed by atoms with van der Waals surface area (Å²) in [4.78, 5) is 2.65.